The molecule has 0 bridgehead atoms. The highest BCUT2D eigenvalue weighted by Gasteiger charge is 2.54. The standard InChI is InChI=1S/C17H28O16/c18-1-4-6(21)7(22)9(24)17(30-4)33-13-11(10(25)12(14(26)27)31-15(13)28)32-16-8(23)5(20)3(19)2-29-16/h3-13,15-25,28H,1-2H2,(H,26,27)/t3-,4+,5-,6+,7-,8+,9+,10-,11-,12-,13+,15+,16-,17-/m0/s1. The van der Waals surface area contributed by atoms with Gasteiger partial charge in [0, 0.05) is 0 Å². The lowest BCUT2D eigenvalue weighted by Gasteiger charge is -2.47. The molecule has 0 aliphatic carbocycles. The molecule has 3 aliphatic heterocycles. The van der Waals surface area contributed by atoms with Crippen molar-refractivity contribution in [1.29, 1.82) is 0 Å². The van der Waals surface area contributed by atoms with E-state index in [1.807, 2.05) is 0 Å². The molecule has 0 amide bonds. The summed E-state index contributed by atoms with van der Waals surface area (Å²) in [6.07, 6.45) is -25.3. The second kappa shape index (κ2) is 10.7. The average molecular weight is 488 g/mol. The number of rotatable bonds is 6. The van der Waals surface area contributed by atoms with Crippen molar-refractivity contribution in [3.05, 3.63) is 0 Å². The van der Waals surface area contributed by atoms with E-state index in [0.29, 0.717) is 0 Å². The summed E-state index contributed by atoms with van der Waals surface area (Å²) in [6.45, 7) is -1.29. The minimum atomic E-state index is -2.12. The zero-order valence-electron chi connectivity index (χ0n) is 16.9. The molecule has 192 valence electrons. The van der Waals surface area contributed by atoms with Crippen LogP contribution in [-0.2, 0) is 28.5 Å². The molecular weight excluding hydrogens is 460 g/mol. The molecule has 14 atom stereocenters. The van der Waals surface area contributed by atoms with Crippen LogP contribution in [0.2, 0.25) is 0 Å². The summed E-state index contributed by atoms with van der Waals surface area (Å²) >= 11 is 0. The normalized spacial score (nSPS) is 51.3. The first kappa shape index (κ1) is 26.5. The molecule has 0 aromatic heterocycles. The van der Waals surface area contributed by atoms with Gasteiger partial charge >= 0.3 is 5.97 Å². The van der Waals surface area contributed by atoms with Gasteiger partial charge in [-0.1, -0.05) is 0 Å². The fourth-order valence-corrected chi connectivity index (χ4v) is 3.73. The molecule has 33 heavy (non-hydrogen) atoms. The molecule has 0 aromatic carbocycles. The van der Waals surface area contributed by atoms with Crippen LogP contribution in [0.25, 0.3) is 0 Å². The summed E-state index contributed by atoms with van der Waals surface area (Å²) in [5.41, 5.74) is 0. The van der Waals surface area contributed by atoms with Gasteiger partial charge < -0.3 is 74.7 Å². The first-order chi connectivity index (χ1) is 15.5. The van der Waals surface area contributed by atoms with Gasteiger partial charge in [-0.15, -0.1) is 0 Å². The Balaban J connectivity index is 1.83. The molecule has 10 N–H and O–H groups in total. The van der Waals surface area contributed by atoms with Gasteiger partial charge in [0.25, 0.3) is 0 Å². The van der Waals surface area contributed by atoms with Gasteiger partial charge in [0.1, 0.15) is 61.0 Å². The van der Waals surface area contributed by atoms with Gasteiger partial charge in [0.05, 0.1) is 13.2 Å². The fraction of sp³-hybridized carbons (Fsp3) is 0.941. The lowest BCUT2D eigenvalue weighted by atomic mass is 9.96. The molecule has 16 nitrogen and oxygen atoms in total. The number of aliphatic hydroxyl groups excluding tert-OH is 9. The maximum Gasteiger partial charge on any atom is 0.335 e. The van der Waals surface area contributed by atoms with Crippen LogP contribution in [0.3, 0.4) is 0 Å². The molecule has 3 heterocycles. The van der Waals surface area contributed by atoms with E-state index in [4.69, 9.17) is 23.7 Å². The second-order valence-corrected chi connectivity index (χ2v) is 7.93. The molecule has 3 fully saturated rings. The lowest BCUT2D eigenvalue weighted by molar-refractivity contribution is -0.379. The maximum absolute atomic E-state index is 11.4. The van der Waals surface area contributed by atoms with Crippen molar-refractivity contribution in [3.8, 4) is 0 Å². The van der Waals surface area contributed by atoms with Crippen LogP contribution in [0.4, 0.5) is 0 Å². The Morgan fingerprint density at radius 1 is 0.758 bits per heavy atom. The Labute approximate surface area is 185 Å². The fourth-order valence-electron chi connectivity index (χ4n) is 3.73. The highest BCUT2D eigenvalue weighted by atomic mass is 16.8. The molecule has 0 spiro atoms. The van der Waals surface area contributed by atoms with E-state index >= 15 is 0 Å². The smallest absolute Gasteiger partial charge is 0.335 e. The molecule has 3 rings (SSSR count). The Kier molecular flexibility index (Phi) is 8.57. The number of carbonyl (C=O) groups is 1. The van der Waals surface area contributed by atoms with Crippen molar-refractivity contribution < 1.29 is 79.5 Å². The van der Waals surface area contributed by atoms with Gasteiger partial charge in [-0.3, -0.25) is 0 Å². The Morgan fingerprint density at radius 3 is 1.97 bits per heavy atom. The summed E-state index contributed by atoms with van der Waals surface area (Å²) in [6, 6.07) is 0. The molecule has 0 unspecified atom stereocenters. The molecular formula is C17H28O16. The Bertz CT molecular complexity index is 663. The molecule has 0 saturated carbocycles. The number of hydrogen-bond acceptors (Lipinski definition) is 15. The number of carboxylic acid groups (broad SMARTS) is 1. The summed E-state index contributed by atoms with van der Waals surface area (Å²) < 4.78 is 25.9. The Hall–Kier alpha value is -1.09. The third-order valence-electron chi connectivity index (χ3n) is 5.67. The zero-order chi connectivity index (χ0) is 24.6. The van der Waals surface area contributed by atoms with E-state index in [2.05, 4.69) is 0 Å². The highest BCUT2D eigenvalue weighted by molar-refractivity contribution is 5.73. The van der Waals surface area contributed by atoms with E-state index < -0.39 is 105 Å². The van der Waals surface area contributed by atoms with Crippen LogP contribution in [0.15, 0.2) is 0 Å². The van der Waals surface area contributed by atoms with E-state index in [1.54, 1.807) is 0 Å². The first-order valence-corrected chi connectivity index (χ1v) is 9.99. The minimum absolute atomic E-state index is 0.495. The third kappa shape index (κ3) is 5.29. The number of aliphatic carboxylic acids is 1. The van der Waals surface area contributed by atoms with Gasteiger partial charge in [-0.05, 0) is 0 Å². The molecule has 3 aliphatic rings. The predicted molar refractivity (Wildman–Crippen MR) is 95.8 cm³/mol. The zero-order valence-corrected chi connectivity index (χ0v) is 16.9. The van der Waals surface area contributed by atoms with E-state index in [1.165, 1.54) is 0 Å². The predicted octanol–water partition coefficient (Wildman–Crippen LogP) is -6.84. The summed E-state index contributed by atoms with van der Waals surface area (Å²) in [4.78, 5) is 11.4. The number of hydrogen-bond donors (Lipinski definition) is 10. The van der Waals surface area contributed by atoms with Gasteiger partial charge in [-0.2, -0.15) is 0 Å². The van der Waals surface area contributed by atoms with Crippen LogP contribution in [-0.4, -0.2) is 156 Å². The number of carboxylic acids is 1. The molecule has 0 radical (unpaired) electrons. The number of aliphatic hydroxyl groups is 9. The quantitative estimate of drug-likeness (QED) is 0.166. The largest absolute Gasteiger partial charge is 0.479 e. The van der Waals surface area contributed by atoms with Crippen molar-refractivity contribution in [2.45, 2.75) is 86.0 Å². The summed E-state index contributed by atoms with van der Waals surface area (Å²) in [5, 5.41) is 98.8. The van der Waals surface area contributed by atoms with Crippen molar-refractivity contribution in [2.24, 2.45) is 0 Å². The Morgan fingerprint density at radius 2 is 1.36 bits per heavy atom. The summed E-state index contributed by atoms with van der Waals surface area (Å²) in [7, 11) is 0. The van der Waals surface area contributed by atoms with E-state index in [-0.39, 0.29) is 0 Å². The van der Waals surface area contributed by atoms with Gasteiger partial charge in [0.15, 0.2) is 25.0 Å². The van der Waals surface area contributed by atoms with Gasteiger partial charge in [-0.25, -0.2) is 4.79 Å². The van der Waals surface area contributed by atoms with Crippen LogP contribution in [0.5, 0.6) is 0 Å². The average Bonchev–Trinajstić information content (AvgIpc) is 2.77. The monoisotopic (exact) mass is 488 g/mol. The van der Waals surface area contributed by atoms with Crippen molar-refractivity contribution in [1.82, 2.24) is 0 Å². The van der Waals surface area contributed by atoms with Gasteiger partial charge in [0.2, 0.25) is 0 Å². The highest BCUT2D eigenvalue weighted by Crippen LogP contribution is 2.32. The van der Waals surface area contributed by atoms with E-state index in [9.17, 15) is 55.9 Å². The van der Waals surface area contributed by atoms with Crippen molar-refractivity contribution >= 4 is 5.97 Å². The van der Waals surface area contributed by atoms with Crippen LogP contribution < -0.4 is 0 Å². The minimum Gasteiger partial charge on any atom is -0.479 e. The lowest BCUT2D eigenvalue weighted by Crippen LogP contribution is -2.66. The van der Waals surface area contributed by atoms with Crippen molar-refractivity contribution in [3.63, 3.8) is 0 Å². The van der Waals surface area contributed by atoms with Crippen LogP contribution >= 0.6 is 0 Å². The summed E-state index contributed by atoms with van der Waals surface area (Å²) in [5.74, 6) is -1.69. The molecule has 3 saturated heterocycles. The second-order valence-electron chi connectivity index (χ2n) is 7.93. The number of ether oxygens (including phenoxy) is 5. The SMILES string of the molecule is O=C(O)[C@H]1O[C@@H](O)[C@H](O[C@@H]2O[C@H](CO)[C@@H](O)[C@H](O)[C@H]2O)[C@@H](O[C@@H]2OC[C@H](O)[C@H](O)[C@H]2O)[C@@H]1O. The molecule has 0 aromatic rings. The first-order valence-electron chi connectivity index (χ1n) is 9.99. The van der Waals surface area contributed by atoms with Crippen LogP contribution in [0.1, 0.15) is 0 Å². The maximum atomic E-state index is 11.4. The van der Waals surface area contributed by atoms with Crippen molar-refractivity contribution in [2.75, 3.05) is 13.2 Å². The topological polar surface area (TPSA) is 266 Å². The van der Waals surface area contributed by atoms with E-state index in [0.717, 1.165) is 0 Å². The van der Waals surface area contributed by atoms with Crippen LogP contribution in [0, 0.1) is 0 Å². The molecule has 16 heteroatoms. The third-order valence-corrected chi connectivity index (χ3v) is 5.67.